The maximum Gasteiger partial charge on any atom is 0.0861 e. The standard InChI is InChI=1S/C6H13N3/c1-6(2,8)3-4-9-5-7/h7H,3-4,8H2,1-2H3. The lowest BCUT2D eigenvalue weighted by atomic mass is 10.0. The second kappa shape index (κ2) is 3.38. The molecule has 0 unspecified atom stereocenters. The van der Waals surface area contributed by atoms with Crippen molar-refractivity contribution in [3.63, 3.8) is 0 Å². The van der Waals surface area contributed by atoms with Crippen LogP contribution in [0.15, 0.2) is 4.99 Å². The van der Waals surface area contributed by atoms with Crippen LogP contribution in [-0.2, 0) is 0 Å². The molecule has 0 atom stereocenters. The molecular formula is C6H13N3. The minimum atomic E-state index is -0.166. The molecular weight excluding hydrogens is 114 g/mol. The summed E-state index contributed by atoms with van der Waals surface area (Å²) in [5.74, 6) is 0. The number of aliphatic imine (C=N–C) groups is 1. The molecule has 3 nitrogen and oxygen atoms in total. The summed E-state index contributed by atoms with van der Waals surface area (Å²) in [5, 5.41) is 6.45. The molecule has 9 heavy (non-hydrogen) atoms. The van der Waals surface area contributed by atoms with Gasteiger partial charge in [-0.1, -0.05) is 0 Å². The Morgan fingerprint density at radius 2 is 2.22 bits per heavy atom. The van der Waals surface area contributed by atoms with Gasteiger partial charge < -0.3 is 5.73 Å². The van der Waals surface area contributed by atoms with E-state index in [9.17, 15) is 0 Å². The lowest BCUT2D eigenvalue weighted by Crippen LogP contribution is -2.32. The molecule has 0 amide bonds. The summed E-state index contributed by atoms with van der Waals surface area (Å²) in [4.78, 5) is 3.59. The van der Waals surface area contributed by atoms with Crippen molar-refractivity contribution >= 4 is 6.01 Å². The molecule has 0 rings (SSSR count). The van der Waals surface area contributed by atoms with Crippen LogP contribution in [0, 0.1) is 5.41 Å². The molecule has 0 spiro atoms. The van der Waals surface area contributed by atoms with Crippen molar-refractivity contribution in [3.05, 3.63) is 0 Å². The van der Waals surface area contributed by atoms with Crippen molar-refractivity contribution in [2.45, 2.75) is 25.8 Å². The Hall–Kier alpha value is -0.660. The zero-order chi connectivity index (χ0) is 7.33. The number of hydrogen-bond donors (Lipinski definition) is 2. The molecule has 0 aliphatic carbocycles. The van der Waals surface area contributed by atoms with Gasteiger partial charge in [-0.2, -0.15) is 0 Å². The summed E-state index contributed by atoms with van der Waals surface area (Å²) in [6, 6.07) is 1.96. The third kappa shape index (κ3) is 7.34. The van der Waals surface area contributed by atoms with Crippen molar-refractivity contribution in [1.29, 1.82) is 5.41 Å². The maximum absolute atomic E-state index is 6.45. The molecule has 3 N–H and O–H groups in total. The van der Waals surface area contributed by atoms with Crippen LogP contribution in [-0.4, -0.2) is 18.1 Å². The summed E-state index contributed by atoms with van der Waals surface area (Å²) in [6.07, 6.45) is 0.804. The smallest absolute Gasteiger partial charge is 0.0861 e. The van der Waals surface area contributed by atoms with E-state index in [1.807, 2.05) is 19.9 Å². The average molecular weight is 127 g/mol. The molecule has 0 saturated carbocycles. The lowest BCUT2D eigenvalue weighted by molar-refractivity contribution is 0.485. The number of nitrogens with two attached hydrogens (primary N) is 1. The number of nitrogens with one attached hydrogen (secondary N) is 1. The van der Waals surface area contributed by atoms with Gasteiger partial charge in [-0.3, -0.25) is 0 Å². The molecule has 0 bridgehead atoms. The fourth-order valence-electron chi connectivity index (χ4n) is 0.400. The van der Waals surface area contributed by atoms with E-state index in [1.54, 1.807) is 0 Å². The van der Waals surface area contributed by atoms with Gasteiger partial charge in [0.1, 0.15) is 0 Å². The van der Waals surface area contributed by atoms with Crippen molar-refractivity contribution < 1.29 is 0 Å². The summed E-state index contributed by atoms with van der Waals surface area (Å²) in [7, 11) is 0. The molecule has 0 aliphatic heterocycles. The van der Waals surface area contributed by atoms with E-state index in [2.05, 4.69) is 4.99 Å². The van der Waals surface area contributed by atoms with Gasteiger partial charge in [0.2, 0.25) is 0 Å². The molecule has 0 aromatic carbocycles. The van der Waals surface area contributed by atoms with Crippen LogP contribution >= 0.6 is 0 Å². The summed E-state index contributed by atoms with van der Waals surface area (Å²) < 4.78 is 0. The van der Waals surface area contributed by atoms with E-state index < -0.39 is 0 Å². The highest BCUT2D eigenvalue weighted by Gasteiger charge is 2.07. The first kappa shape index (κ1) is 8.34. The Morgan fingerprint density at radius 3 is 2.56 bits per heavy atom. The zero-order valence-electron chi connectivity index (χ0n) is 5.94. The van der Waals surface area contributed by atoms with E-state index >= 15 is 0 Å². The van der Waals surface area contributed by atoms with Gasteiger partial charge in [-0.25, -0.2) is 10.4 Å². The molecule has 0 heterocycles. The first-order chi connectivity index (χ1) is 4.06. The number of rotatable bonds is 3. The Bertz CT molecular complexity index is 117. The van der Waals surface area contributed by atoms with Gasteiger partial charge in [-0.15, -0.1) is 0 Å². The van der Waals surface area contributed by atoms with Crippen LogP contribution < -0.4 is 5.73 Å². The van der Waals surface area contributed by atoms with E-state index in [0.29, 0.717) is 6.54 Å². The van der Waals surface area contributed by atoms with Crippen molar-refractivity contribution in [2.24, 2.45) is 10.7 Å². The van der Waals surface area contributed by atoms with Gasteiger partial charge in [0.15, 0.2) is 0 Å². The minimum Gasteiger partial charge on any atom is -0.325 e. The third-order valence-corrected chi connectivity index (χ3v) is 0.947. The Balaban J connectivity index is 3.39. The Labute approximate surface area is 55.5 Å². The Kier molecular flexibility index (Phi) is 3.13. The molecule has 0 fully saturated rings. The van der Waals surface area contributed by atoms with Crippen molar-refractivity contribution in [3.8, 4) is 0 Å². The molecule has 0 aromatic rings. The lowest BCUT2D eigenvalue weighted by Gasteiger charge is -2.15. The van der Waals surface area contributed by atoms with E-state index in [0.717, 1.165) is 6.42 Å². The predicted molar refractivity (Wildman–Crippen MR) is 37.9 cm³/mol. The molecule has 0 aliphatic rings. The van der Waals surface area contributed by atoms with E-state index in [-0.39, 0.29) is 5.54 Å². The number of hydrogen-bond acceptors (Lipinski definition) is 3. The highest BCUT2D eigenvalue weighted by atomic mass is 14.8. The summed E-state index contributed by atoms with van der Waals surface area (Å²) in [5.41, 5.74) is 5.46. The fourth-order valence-corrected chi connectivity index (χ4v) is 0.400. The second-order valence-corrected chi connectivity index (χ2v) is 2.73. The maximum atomic E-state index is 6.45. The van der Waals surface area contributed by atoms with E-state index in [4.69, 9.17) is 11.1 Å². The van der Waals surface area contributed by atoms with Crippen molar-refractivity contribution in [1.82, 2.24) is 0 Å². The zero-order valence-corrected chi connectivity index (χ0v) is 5.94. The second-order valence-electron chi connectivity index (χ2n) is 2.73. The molecule has 0 aromatic heterocycles. The molecule has 0 saturated heterocycles. The summed E-state index contributed by atoms with van der Waals surface area (Å²) in [6.45, 7) is 4.48. The fraction of sp³-hybridized carbons (Fsp3) is 0.833. The van der Waals surface area contributed by atoms with Crippen LogP contribution in [0.1, 0.15) is 20.3 Å². The largest absolute Gasteiger partial charge is 0.325 e. The molecule has 0 radical (unpaired) electrons. The summed E-state index contributed by atoms with van der Waals surface area (Å²) >= 11 is 0. The predicted octanol–water partition coefficient (Wildman–Crippen LogP) is 0.866. The van der Waals surface area contributed by atoms with Crippen molar-refractivity contribution in [2.75, 3.05) is 6.54 Å². The van der Waals surface area contributed by atoms with Crippen LogP contribution in [0.3, 0.4) is 0 Å². The van der Waals surface area contributed by atoms with Crippen LogP contribution in [0.2, 0.25) is 0 Å². The Morgan fingerprint density at radius 1 is 1.67 bits per heavy atom. The minimum absolute atomic E-state index is 0.166. The highest BCUT2D eigenvalue weighted by Crippen LogP contribution is 2.01. The van der Waals surface area contributed by atoms with E-state index in [1.165, 1.54) is 0 Å². The van der Waals surface area contributed by atoms with Crippen LogP contribution in [0.5, 0.6) is 0 Å². The topological polar surface area (TPSA) is 62.2 Å². The van der Waals surface area contributed by atoms with Gasteiger partial charge in [0, 0.05) is 5.54 Å². The van der Waals surface area contributed by atoms with Gasteiger partial charge in [0.05, 0.1) is 12.6 Å². The SMILES string of the molecule is CC(C)(N)CCN=C=N. The first-order valence-electron chi connectivity index (χ1n) is 2.93. The van der Waals surface area contributed by atoms with Gasteiger partial charge in [-0.05, 0) is 20.3 Å². The van der Waals surface area contributed by atoms with Crippen LogP contribution in [0.25, 0.3) is 0 Å². The number of nitrogens with zero attached hydrogens (tertiary/aromatic N) is 1. The third-order valence-electron chi connectivity index (χ3n) is 0.947. The van der Waals surface area contributed by atoms with Crippen LogP contribution in [0.4, 0.5) is 0 Å². The highest BCUT2D eigenvalue weighted by molar-refractivity contribution is 5.35. The van der Waals surface area contributed by atoms with Gasteiger partial charge in [0.25, 0.3) is 0 Å². The quantitative estimate of drug-likeness (QED) is 0.543. The van der Waals surface area contributed by atoms with Gasteiger partial charge >= 0.3 is 0 Å². The molecule has 52 valence electrons. The average Bonchev–Trinajstić information content (AvgIpc) is 1.63. The monoisotopic (exact) mass is 127 g/mol. The normalized spacial score (nSPS) is 10.6. The molecule has 3 heteroatoms. The first-order valence-corrected chi connectivity index (χ1v) is 2.93.